The first kappa shape index (κ1) is 9.46. The van der Waals surface area contributed by atoms with Gasteiger partial charge in [0.05, 0.1) is 0 Å². The van der Waals surface area contributed by atoms with E-state index in [0.717, 1.165) is 5.22 Å². The summed E-state index contributed by atoms with van der Waals surface area (Å²) in [5, 5.41) is 1.40. The molecule has 0 aliphatic rings. The number of hydrogen-bond donors (Lipinski definition) is 0. The highest BCUT2D eigenvalue weighted by Crippen LogP contribution is 1.84. The van der Waals surface area contributed by atoms with Gasteiger partial charge >= 0.3 is 0 Å². The van der Waals surface area contributed by atoms with Gasteiger partial charge in [0.1, 0.15) is 5.82 Å². The zero-order valence-electron chi connectivity index (χ0n) is 7.33. The van der Waals surface area contributed by atoms with Crippen molar-refractivity contribution >= 4 is 13.2 Å². The molecule has 0 unspecified atom stereocenters. The molecule has 0 aromatic heterocycles. The van der Waals surface area contributed by atoms with Gasteiger partial charge < -0.3 is 0 Å². The van der Waals surface area contributed by atoms with Gasteiger partial charge in [-0.3, -0.25) is 0 Å². The van der Waals surface area contributed by atoms with Crippen LogP contribution in [-0.2, 0) is 0 Å². The monoisotopic (exact) mass is 174 g/mol. The van der Waals surface area contributed by atoms with Crippen molar-refractivity contribution in [1.82, 2.24) is 0 Å². The summed E-state index contributed by atoms with van der Waals surface area (Å²) in [6.07, 6.45) is 0. The van der Waals surface area contributed by atoms with Gasteiger partial charge in [0, 0.05) is 0 Å². The average molecular weight is 174 g/mol. The third-order valence-electron chi connectivity index (χ3n) is 1.51. The van der Waals surface area contributed by atoms with Crippen LogP contribution in [0.5, 0.6) is 0 Å². The van der Waals surface area contributed by atoms with E-state index < -0.39 is 0 Å². The summed E-state index contributed by atoms with van der Waals surface area (Å²) in [5.41, 5.74) is 0. The zero-order valence-corrected chi connectivity index (χ0v) is 7.33. The van der Waals surface area contributed by atoms with Gasteiger partial charge in [-0.1, -0.05) is 43.5 Å². The maximum atomic E-state index is 13.0. The number of halogens is 1. The Labute approximate surface area is 77.0 Å². The minimum Gasteiger partial charge on any atom is -0.207 e. The Morgan fingerprint density at radius 1 is 0.846 bits per heavy atom. The highest BCUT2D eigenvalue weighted by molar-refractivity contribution is 5.11. The molecule has 1 aromatic rings. The fraction of sp³-hybridized carbons (Fsp3) is 0. The number of hydrogen-bond acceptors (Lipinski definition) is 0. The highest BCUT2D eigenvalue weighted by atomic mass is 19.1. The predicted molar refractivity (Wildman–Crippen MR) is 54.3 cm³/mol. The largest absolute Gasteiger partial charge is 0.207 e. The van der Waals surface area contributed by atoms with Gasteiger partial charge in [0.25, 0.3) is 0 Å². The molecule has 1 rings (SSSR count). The fourth-order valence-corrected chi connectivity index (χ4v) is 0.874. The molecule has 13 heavy (non-hydrogen) atoms. The van der Waals surface area contributed by atoms with Crippen LogP contribution in [0.3, 0.4) is 0 Å². The van der Waals surface area contributed by atoms with Crippen molar-refractivity contribution in [2.45, 2.75) is 0 Å². The molecular weight excluding hydrogens is 163 g/mol. The first-order valence-electron chi connectivity index (χ1n) is 3.96. The summed E-state index contributed by atoms with van der Waals surface area (Å²) < 4.78 is 13.0. The Balaban J connectivity index is 3.49. The minimum absolute atomic E-state index is 0.314. The van der Waals surface area contributed by atoms with E-state index in [1.807, 2.05) is 6.07 Å². The molecule has 0 fully saturated rings. The van der Waals surface area contributed by atoms with Crippen LogP contribution in [0.15, 0.2) is 42.5 Å². The van der Waals surface area contributed by atoms with Gasteiger partial charge in [-0.05, 0) is 22.6 Å². The van der Waals surface area contributed by atoms with Crippen LogP contribution in [-0.4, -0.2) is 0 Å². The summed E-state index contributed by atoms with van der Waals surface area (Å²) in [6.45, 7) is 7.38. The lowest BCUT2D eigenvalue weighted by molar-refractivity contribution is 0.628. The van der Waals surface area contributed by atoms with Gasteiger partial charge in [0.15, 0.2) is 0 Å². The minimum atomic E-state index is -0.314. The second-order valence-corrected chi connectivity index (χ2v) is 2.73. The van der Waals surface area contributed by atoms with E-state index in [-0.39, 0.29) is 5.82 Å². The Morgan fingerprint density at radius 3 is 2.15 bits per heavy atom. The molecule has 1 heteroatoms. The van der Waals surface area contributed by atoms with Crippen LogP contribution in [0.1, 0.15) is 0 Å². The molecule has 0 amide bonds. The van der Waals surface area contributed by atoms with E-state index in [4.69, 9.17) is 0 Å². The lowest BCUT2D eigenvalue weighted by Gasteiger charge is -1.80. The van der Waals surface area contributed by atoms with Crippen LogP contribution in [0.25, 0.3) is 13.2 Å². The third-order valence-corrected chi connectivity index (χ3v) is 1.51. The predicted octanol–water partition coefficient (Wildman–Crippen LogP) is 1.77. The summed E-state index contributed by atoms with van der Waals surface area (Å²) in [7, 11) is 0. The van der Waals surface area contributed by atoms with E-state index in [9.17, 15) is 4.39 Å². The molecule has 0 aliphatic heterocycles. The molecule has 1 aromatic carbocycles. The Morgan fingerprint density at radius 2 is 1.46 bits per heavy atom. The van der Waals surface area contributed by atoms with E-state index in [2.05, 4.69) is 13.2 Å². The highest BCUT2D eigenvalue weighted by Gasteiger charge is 1.78. The SMILES string of the molecule is C=c1ccccc(=C)cc(F)cc1. The second kappa shape index (κ2) is 4.41. The Kier molecular flexibility index (Phi) is 3.21. The quantitative estimate of drug-likeness (QED) is 0.562. The topological polar surface area (TPSA) is 0 Å². The van der Waals surface area contributed by atoms with Crippen molar-refractivity contribution in [2.75, 3.05) is 0 Å². The normalized spacial score (nSPS) is 9.00. The molecule has 0 aliphatic carbocycles. The molecule has 0 bridgehead atoms. The maximum Gasteiger partial charge on any atom is 0.123 e. The summed E-state index contributed by atoms with van der Waals surface area (Å²) in [5.74, 6) is -0.314. The van der Waals surface area contributed by atoms with Gasteiger partial charge in [0.2, 0.25) is 0 Å². The van der Waals surface area contributed by atoms with Crippen LogP contribution >= 0.6 is 0 Å². The van der Waals surface area contributed by atoms with Gasteiger partial charge in [-0.15, -0.1) is 0 Å². The molecule has 66 valence electrons. The van der Waals surface area contributed by atoms with Gasteiger partial charge in [-0.25, -0.2) is 4.39 Å². The third kappa shape index (κ3) is 3.52. The van der Waals surface area contributed by atoms with Crippen molar-refractivity contribution < 1.29 is 4.39 Å². The molecule has 0 radical (unpaired) electrons. The van der Waals surface area contributed by atoms with E-state index in [1.54, 1.807) is 24.3 Å². The molecule has 0 saturated heterocycles. The van der Waals surface area contributed by atoms with E-state index in [1.165, 1.54) is 12.1 Å². The van der Waals surface area contributed by atoms with Crippen LogP contribution in [0.2, 0.25) is 0 Å². The lowest BCUT2D eigenvalue weighted by Crippen LogP contribution is -1.94. The molecule has 0 N–H and O–H groups in total. The summed E-state index contributed by atoms with van der Waals surface area (Å²) >= 11 is 0. The standard InChI is InChI=1S/C12H11F/c1-10-5-3-4-6-11(2)9-12(13)8-7-10/h3-9H,1-2H2. The molecule has 0 heterocycles. The van der Waals surface area contributed by atoms with Crippen molar-refractivity contribution in [3.05, 3.63) is 58.7 Å². The van der Waals surface area contributed by atoms with Crippen molar-refractivity contribution in [3.63, 3.8) is 0 Å². The molecule has 0 saturated carbocycles. The molecule has 0 spiro atoms. The lowest BCUT2D eigenvalue weighted by atomic mass is 10.3. The Bertz CT molecular complexity index is 433. The zero-order chi connectivity index (χ0) is 9.68. The van der Waals surface area contributed by atoms with Crippen molar-refractivity contribution in [3.8, 4) is 0 Å². The fourth-order valence-electron chi connectivity index (χ4n) is 0.874. The first-order valence-corrected chi connectivity index (χ1v) is 3.96. The smallest absolute Gasteiger partial charge is 0.123 e. The van der Waals surface area contributed by atoms with Crippen molar-refractivity contribution in [2.24, 2.45) is 0 Å². The van der Waals surface area contributed by atoms with Crippen LogP contribution in [0, 0.1) is 5.82 Å². The summed E-state index contributed by atoms with van der Waals surface area (Å²) in [4.78, 5) is 0. The van der Waals surface area contributed by atoms with E-state index in [0.29, 0.717) is 5.22 Å². The van der Waals surface area contributed by atoms with E-state index >= 15 is 0 Å². The second-order valence-electron chi connectivity index (χ2n) is 2.73. The Hall–Kier alpha value is -1.63. The van der Waals surface area contributed by atoms with Crippen molar-refractivity contribution in [1.29, 1.82) is 0 Å². The molecule has 0 atom stereocenters. The molecular formula is C12H11F. The molecule has 0 nitrogen and oxygen atoms in total. The first-order chi connectivity index (χ1) is 6.18. The maximum absolute atomic E-state index is 13.0. The number of rotatable bonds is 0. The van der Waals surface area contributed by atoms with Crippen LogP contribution in [0.4, 0.5) is 4.39 Å². The van der Waals surface area contributed by atoms with Gasteiger partial charge in [-0.2, -0.15) is 0 Å². The van der Waals surface area contributed by atoms with Crippen LogP contribution < -0.4 is 10.4 Å². The average Bonchev–Trinajstić information content (AvgIpc) is 2.08. The summed E-state index contributed by atoms with van der Waals surface area (Å²) in [6, 6.07) is 11.6.